The van der Waals surface area contributed by atoms with Gasteiger partial charge in [0.05, 0.1) is 7.11 Å². The summed E-state index contributed by atoms with van der Waals surface area (Å²) in [4.78, 5) is 12.9. The molecule has 1 unspecified atom stereocenters. The van der Waals surface area contributed by atoms with E-state index in [9.17, 15) is 4.79 Å². The van der Waals surface area contributed by atoms with Crippen LogP contribution < -0.4 is 0 Å². The lowest BCUT2D eigenvalue weighted by atomic mass is 9.97. The summed E-state index contributed by atoms with van der Waals surface area (Å²) < 4.78 is 4.71. The van der Waals surface area contributed by atoms with Gasteiger partial charge in [0.15, 0.2) is 12.2 Å². The third-order valence-corrected chi connectivity index (χ3v) is 2.52. The largest absolute Gasteiger partial charge is 0.467 e. The first-order chi connectivity index (χ1) is 7.77. The Hall–Kier alpha value is -2.28. The molecule has 16 heavy (non-hydrogen) atoms. The second-order valence-corrected chi connectivity index (χ2v) is 3.38. The zero-order chi connectivity index (χ0) is 11.5. The van der Waals surface area contributed by atoms with Gasteiger partial charge in [-0.2, -0.15) is 5.26 Å². The Kier molecular flexibility index (Phi) is 2.61. The van der Waals surface area contributed by atoms with E-state index in [-0.39, 0.29) is 0 Å². The van der Waals surface area contributed by atoms with Gasteiger partial charge in [-0.3, -0.25) is 4.90 Å². The molecule has 1 aliphatic heterocycles. The maximum absolute atomic E-state index is 11.7. The second kappa shape index (κ2) is 4.07. The molecule has 0 fully saturated rings. The first-order valence-electron chi connectivity index (χ1n) is 4.81. The molecule has 0 aromatic heterocycles. The van der Waals surface area contributed by atoms with Gasteiger partial charge in [0.2, 0.25) is 0 Å². The van der Waals surface area contributed by atoms with Gasteiger partial charge in [0, 0.05) is 6.20 Å². The van der Waals surface area contributed by atoms with Crippen molar-refractivity contribution >= 4 is 12.0 Å². The van der Waals surface area contributed by atoms with E-state index in [2.05, 4.69) is 0 Å². The minimum atomic E-state index is -0.670. The molecular formula is C12H10N2O2. The predicted octanol–water partition coefficient (Wildman–Crippen LogP) is 1.67. The van der Waals surface area contributed by atoms with Crippen molar-refractivity contribution in [1.82, 2.24) is 4.90 Å². The number of ether oxygens (including phenoxy) is 1. The highest BCUT2D eigenvalue weighted by Crippen LogP contribution is 2.30. The average molecular weight is 214 g/mol. The molecule has 2 rings (SSSR count). The first-order valence-corrected chi connectivity index (χ1v) is 4.81. The normalized spacial score (nSPS) is 17.5. The van der Waals surface area contributed by atoms with Crippen LogP contribution in [0.1, 0.15) is 17.2 Å². The van der Waals surface area contributed by atoms with Crippen molar-refractivity contribution < 1.29 is 9.53 Å². The number of esters is 1. The number of benzene rings is 1. The summed E-state index contributed by atoms with van der Waals surface area (Å²) in [7, 11) is 1.32. The van der Waals surface area contributed by atoms with Gasteiger partial charge in [0.1, 0.15) is 0 Å². The fourth-order valence-electron chi connectivity index (χ4n) is 1.75. The number of nitrogens with zero attached hydrogens (tertiary/aromatic N) is 2. The van der Waals surface area contributed by atoms with Crippen LogP contribution in [-0.2, 0) is 9.53 Å². The van der Waals surface area contributed by atoms with E-state index in [0.717, 1.165) is 11.1 Å². The fourth-order valence-corrected chi connectivity index (χ4v) is 1.75. The number of rotatable bonds is 1. The molecule has 4 nitrogen and oxygen atoms in total. The number of hydrogen-bond donors (Lipinski definition) is 0. The molecule has 0 saturated heterocycles. The number of methoxy groups -OCH3 is 1. The molecule has 80 valence electrons. The molecule has 0 saturated carbocycles. The molecule has 0 N–H and O–H groups in total. The predicted molar refractivity (Wildman–Crippen MR) is 57.7 cm³/mol. The van der Waals surface area contributed by atoms with Crippen molar-refractivity contribution in [2.75, 3.05) is 7.11 Å². The van der Waals surface area contributed by atoms with Gasteiger partial charge in [-0.05, 0) is 17.2 Å². The standard InChI is InChI=1S/C12H10N2O2/c1-16-12(15)11-10-5-3-2-4-9(10)6-7-14(11)8-13/h2-7,11H,1H3. The molecule has 0 amide bonds. The Morgan fingerprint density at radius 3 is 2.94 bits per heavy atom. The van der Waals surface area contributed by atoms with E-state index in [1.165, 1.54) is 12.0 Å². The summed E-state index contributed by atoms with van der Waals surface area (Å²) in [6.45, 7) is 0. The maximum Gasteiger partial charge on any atom is 0.334 e. The maximum atomic E-state index is 11.7. The summed E-state index contributed by atoms with van der Waals surface area (Å²) in [5.41, 5.74) is 1.72. The summed E-state index contributed by atoms with van der Waals surface area (Å²) in [5.74, 6) is -0.432. The number of carbonyl (C=O) groups is 1. The summed E-state index contributed by atoms with van der Waals surface area (Å²) >= 11 is 0. The number of hydrogen-bond acceptors (Lipinski definition) is 4. The van der Waals surface area contributed by atoms with Gasteiger partial charge < -0.3 is 4.74 Å². The summed E-state index contributed by atoms with van der Waals surface area (Å²) in [5, 5.41) is 8.95. The summed E-state index contributed by atoms with van der Waals surface area (Å²) in [6, 6.07) is 6.78. The third-order valence-electron chi connectivity index (χ3n) is 2.52. The van der Waals surface area contributed by atoms with Gasteiger partial charge in [-0.1, -0.05) is 24.3 Å². The second-order valence-electron chi connectivity index (χ2n) is 3.38. The Morgan fingerprint density at radius 1 is 1.50 bits per heavy atom. The van der Waals surface area contributed by atoms with Gasteiger partial charge in [-0.15, -0.1) is 0 Å². The average Bonchev–Trinajstić information content (AvgIpc) is 2.36. The van der Waals surface area contributed by atoms with E-state index in [1.807, 2.05) is 30.5 Å². The van der Waals surface area contributed by atoms with Crippen LogP contribution in [0, 0.1) is 11.5 Å². The molecule has 1 aromatic carbocycles. The van der Waals surface area contributed by atoms with E-state index < -0.39 is 12.0 Å². The third kappa shape index (κ3) is 1.52. The Labute approximate surface area is 93.4 Å². The first kappa shape index (κ1) is 10.2. The van der Waals surface area contributed by atoms with Crippen LogP contribution in [0.15, 0.2) is 30.5 Å². The van der Waals surface area contributed by atoms with Gasteiger partial charge in [0.25, 0.3) is 0 Å². The van der Waals surface area contributed by atoms with E-state index >= 15 is 0 Å². The molecule has 1 aliphatic rings. The quantitative estimate of drug-likeness (QED) is 0.527. The molecular weight excluding hydrogens is 204 g/mol. The molecule has 0 aliphatic carbocycles. The minimum absolute atomic E-state index is 0.432. The molecule has 1 aromatic rings. The monoisotopic (exact) mass is 214 g/mol. The zero-order valence-electron chi connectivity index (χ0n) is 8.75. The van der Waals surface area contributed by atoms with Crippen LogP contribution in [0.3, 0.4) is 0 Å². The van der Waals surface area contributed by atoms with E-state index in [1.54, 1.807) is 12.3 Å². The highest BCUT2D eigenvalue weighted by atomic mass is 16.5. The van der Waals surface area contributed by atoms with Crippen molar-refractivity contribution in [3.8, 4) is 6.19 Å². The minimum Gasteiger partial charge on any atom is -0.467 e. The molecule has 4 heteroatoms. The molecule has 0 radical (unpaired) electrons. The number of carbonyl (C=O) groups excluding carboxylic acids is 1. The fraction of sp³-hybridized carbons (Fsp3) is 0.167. The van der Waals surface area contributed by atoms with Crippen molar-refractivity contribution in [1.29, 1.82) is 5.26 Å². The zero-order valence-corrected chi connectivity index (χ0v) is 8.75. The Balaban J connectivity index is 2.51. The SMILES string of the molecule is COC(=O)C1c2ccccc2C=CN1C#N. The van der Waals surface area contributed by atoms with Crippen LogP contribution in [0.5, 0.6) is 0 Å². The highest BCUT2D eigenvalue weighted by molar-refractivity contribution is 5.81. The Bertz CT molecular complexity index is 488. The van der Waals surface area contributed by atoms with Crippen molar-refractivity contribution in [2.24, 2.45) is 0 Å². The van der Waals surface area contributed by atoms with Crippen LogP contribution in [0.2, 0.25) is 0 Å². The lowest BCUT2D eigenvalue weighted by Crippen LogP contribution is -2.30. The van der Waals surface area contributed by atoms with Crippen molar-refractivity contribution in [2.45, 2.75) is 6.04 Å². The van der Waals surface area contributed by atoms with Crippen LogP contribution >= 0.6 is 0 Å². The molecule has 1 heterocycles. The van der Waals surface area contributed by atoms with Crippen molar-refractivity contribution in [3.63, 3.8) is 0 Å². The summed E-state index contributed by atoms with van der Waals surface area (Å²) in [6.07, 6.45) is 5.35. The van der Waals surface area contributed by atoms with Crippen LogP contribution in [-0.4, -0.2) is 18.0 Å². The lowest BCUT2D eigenvalue weighted by Gasteiger charge is -2.26. The molecule has 1 atom stereocenters. The smallest absolute Gasteiger partial charge is 0.334 e. The van der Waals surface area contributed by atoms with E-state index in [0.29, 0.717) is 0 Å². The molecule has 0 bridgehead atoms. The Morgan fingerprint density at radius 2 is 2.25 bits per heavy atom. The number of nitriles is 1. The van der Waals surface area contributed by atoms with Crippen molar-refractivity contribution in [3.05, 3.63) is 41.6 Å². The molecule has 0 spiro atoms. The van der Waals surface area contributed by atoms with Crippen LogP contribution in [0.25, 0.3) is 6.08 Å². The highest BCUT2D eigenvalue weighted by Gasteiger charge is 2.30. The topological polar surface area (TPSA) is 53.3 Å². The van der Waals surface area contributed by atoms with Gasteiger partial charge >= 0.3 is 5.97 Å². The van der Waals surface area contributed by atoms with Crippen LogP contribution in [0.4, 0.5) is 0 Å². The lowest BCUT2D eigenvalue weighted by molar-refractivity contribution is -0.145. The number of fused-ring (bicyclic) bond motifs is 1. The van der Waals surface area contributed by atoms with E-state index in [4.69, 9.17) is 10.00 Å². The van der Waals surface area contributed by atoms with Gasteiger partial charge in [-0.25, -0.2) is 4.79 Å².